The van der Waals surface area contributed by atoms with Crippen LogP contribution in [-0.2, 0) is 31.3 Å². The predicted octanol–water partition coefficient (Wildman–Crippen LogP) is 8.02. The Morgan fingerprint density at radius 3 is 2.38 bits per heavy atom. The molecule has 1 aliphatic rings. The summed E-state index contributed by atoms with van der Waals surface area (Å²) >= 11 is 0. The van der Waals surface area contributed by atoms with E-state index in [1.165, 1.54) is 33.4 Å². The Kier molecular flexibility index (Phi) is 10.1. The number of allylic oxidation sites excluding steroid dienone is 2. The first-order valence-electron chi connectivity index (χ1n) is 13.1. The smallest absolute Gasteiger partial charge is 0.162 e. The van der Waals surface area contributed by atoms with E-state index in [1.54, 1.807) is 6.20 Å². The Morgan fingerprint density at radius 2 is 1.68 bits per heavy atom. The van der Waals surface area contributed by atoms with E-state index in [2.05, 4.69) is 53.5 Å². The normalized spacial score (nSPS) is 12.2. The fraction of sp³-hybridized carbons (Fsp3) is 0.344. The van der Waals surface area contributed by atoms with Crippen LogP contribution in [0.5, 0.6) is 0 Å². The Morgan fingerprint density at radius 1 is 0.973 bits per heavy atom. The van der Waals surface area contributed by atoms with Gasteiger partial charge in [-0.1, -0.05) is 80.6 Å². The van der Waals surface area contributed by atoms with Gasteiger partial charge >= 0.3 is 0 Å². The number of nitrogens with zero attached hydrogens (tertiary/aromatic N) is 2. The standard InChI is InChI=1S/C19H11N2.C13H24O2.Ir/c1-2-6-14-13(4-1)11-21-19-15-8-9-20-17-7-3-5-12(18(15)17)10-16(14)19;1-5-10(6-2)12(14)9-13(15)11(7-3)8-4;/h1-7,9,11H,10H2;9-11,14H,5-8H2,1-4H3;/q-1;;/b;12-9-;. The van der Waals surface area contributed by atoms with Gasteiger partial charge in [0.2, 0.25) is 0 Å². The van der Waals surface area contributed by atoms with Crippen LogP contribution in [0.2, 0.25) is 0 Å². The number of aromatic nitrogens is 2. The van der Waals surface area contributed by atoms with Crippen LogP contribution in [0.4, 0.5) is 0 Å². The van der Waals surface area contributed by atoms with Gasteiger partial charge in [-0.3, -0.25) is 9.78 Å². The quantitative estimate of drug-likeness (QED) is 0.108. The minimum atomic E-state index is 0. The van der Waals surface area contributed by atoms with E-state index >= 15 is 0 Å². The minimum Gasteiger partial charge on any atom is -0.512 e. The number of aliphatic hydroxyl groups is 1. The molecule has 2 aromatic heterocycles. The Hall–Kier alpha value is -2.88. The summed E-state index contributed by atoms with van der Waals surface area (Å²) in [6, 6.07) is 18.1. The molecule has 2 heterocycles. The van der Waals surface area contributed by atoms with Crippen LogP contribution in [0.15, 0.2) is 66.7 Å². The molecule has 0 aliphatic heterocycles. The van der Waals surface area contributed by atoms with Crippen LogP contribution < -0.4 is 0 Å². The first-order valence-corrected chi connectivity index (χ1v) is 13.1. The van der Waals surface area contributed by atoms with Crippen molar-refractivity contribution in [2.45, 2.75) is 59.8 Å². The average Bonchev–Trinajstić information content (AvgIpc) is 2.91. The largest absolute Gasteiger partial charge is 0.512 e. The molecule has 5 rings (SSSR count). The second-order valence-electron chi connectivity index (χ2n) is 9.44. The molecular weight excluding hydrogens is 637 g/mol. The topological polar surface area (TPSA) is 63.1 Å². The summed E-state index contributed by atoms with van der Waals surface area (Å²) in [5, 5.41) is 13.4. The number of carbonyl (C=O) groups is 1. The number of ketones is 1. The number of carbonyl (C=O) groups excluding carboxylic acids is 1. The number of fused-ring (bicyclic) bond motifs is 4. The number of rotatable bonds is 7. The zero-order chi connectivity index (χ0) is 25.7. The number of hydrogen-bond donors (Lipinski definition) is 1. The molecule has 37 heavy (non-hydrogen) atoms. The zero-order valence-electron chi connectivity index (χ0n) is 22.0. The van der Waals surface area contributed by atoms with Crippen molar-refractivity contribution in [2.75, 3.05) is 0 Å². The summed E-state index contributed by atoms with van der Waals surface area (Å²) in [6.45, 7) is 8.07. The summed E-state index contributed by atoms with van der Waals surface area (Å²) in [5.41, 5.74) is 5.79. The molecule has 0 saturated carbocycles. The molecule has 0 spiro atoms. The average molecular weight is 672 g/mol. The van der Waals surface area contributed by atoms with Crippen molar-refractivity contribution in [3.05, 3.63) is 83.9 Å². The van der Waals surface area contributed by atoms with Gasteiger partial charge in [0.1, 0.15) is 0 Å². The van der Waals surface area contributed by atoms with Gasteiger partial charge in [0.15, 0.2) is 5.78 Å². The van der Waals surface area contributed by atoms with Crippen molar-refractivity contribution in [2.24, 2.45) is 11.8 Å². The van der Waals surface area contributed by atoms with Crippen LogP contribution in [0.25, 0.3) is 32.9 Å². The van der Waals surface area contributed by atoms with Crippen molar-refractivity contribution in [3.8, 4) is 11.3 Å². The van der Waals surface area contributed by atoms with Gasteiger partial charge < -0.3 is 10.1 Å². The molecule has 2 aromatic carbocycles. The number of benzene rings is 2. The van der Waals surface area contributed by atoms with Crippen LogP contribution in [0.3, 0.4) is 0 Å². The summed E-state index contributed by atoms with van der Waals surface area (Å²) in [5.74, 6) is 0.547. The number of hydrogen-bond acceptors (Lipinski definition) is 4. The van der Waals surface area contributed by atoms with E-state index in [9.17, 15) is 9.90 Å². The van der Waals surface area contributed by atoms with Crippen molar-refractivity contribution >= 4 is 27.5 Å². The van der Waals surface area contributed by atoms with Gasteiger partial charge in [0, 0.05) is 49.7 Å². The van der Waals surface area contributed by atoms with Crippen molar-refractivity contribution in [3.63, 3.8) is 0 Å². The van der Waals surface area contributed by atoms with E-state index in [-0.39, 0.29) is 43.5 Å². The molecule has 4 aromatic rings. The molecule has 4 nitrogen and oxygen atoms in total. The minimum absolute atomic E-state index is 0. The number of pyridine rings is 2. The van der Waals surface area contributed by atoms with Crippen LogP contribution in [-0.4, -0.2) is 20.9 Å². The maximum atomic E-state index is 11.7. The molecule has 5 heteroatoms. The maximum Gasteiger partial charge on any atom is 0.162 e. The van der Waals surface area contributed by atoms with Crippen molar-refractivity contribution in [1.82, 2.24) is 9.97 Å². The third kappa shape index (κ3) is 6.00. The van der Waals surface area contributed by atoms with E-state index in [1.807, 2.05) is 33.9 Å². The Balaban J connectivity index is 0.000000214. The predicted molar refractivity (Wildman–Crippen MR) is 148 cm³/mol. The fourth-order valence-electron chi connectivity index (χ4n) is 5.14. The SMILES string of the molecule is CCC(CC)C(=O)/C=C(\O)C(CC)CC.[Ir].[c-]1cnc2cccc3c2c1-c1ncc2ccccc2c1C3. The molecule has 0 fully saturated rings. The number of aliphatic hydroxyl groups excluding tert-OH is 1. The molecule has 0 amide bonds. The fourth-order valence-corrected chi connectivity index (χ4v) is 5.14. The molecule has 1 aliphatic carbocycles. The van der Waals surface area contributed by atoms with E-state index in [0.29, 0.717) is 0 Å². The molecule has 1 radical (unpaired) electrons. The van der Waals surface area contributed by atoms with E-state index in [4.69, 9.17) is 4.98 Å². The third-order valence-corrected chi connectivity index (χ3v) is 7.38. The molecule has 195 valence electrons. The van der Waals surface area contributed by atoms with Crippen molar-refractivity contribution < 1.29 is 30.0 Å². The third-order valence-electron chi connectivity index (χ3n) is 7.38. The van der Waals surface area contributed by atoms with Crippen LogP contribution in [0, 0.1) is 17.9 Å². The van der Waals surface area contributed by atoms with Crippen molar-refractivity contribution in [1.29, 1.82) is 0 Å². The van der Waals surface area contributed by atoms with Gasteiger partial charge in [-0.15, -0.1) is 0 Å². The monoisotopic (exact) mass is 672 g/mol. The molecule has 0 unspecified atom stereocenters. The Bertz CT molecular complexity index is 1400. The first kappa shape index (κ1) is 28.7. The summed E-state index contributed by atoms with van der Waals surface area (Å²) in [7, 11) is 0. The summed E-state index contributed by atoms with van der Waals surface area (Å²) < 4.78 is 0. The second-order valence-corrected chi connectivity index (χ2v) is 9.44. The molecule has 0 atom stereocenters. The van der Waals surface area contributed by atoms with Crippen LogP contribution in [0.1, 0.15) is 64.5 Å². The zero-order valence-corrected chi connectivity index (χ0v) is 24.4. The van der Waals surface area contributed by atoms with Gasteiger partial charge in [0.05, 0.1) is 5.76 Å². The first-order chi connectivity index (χ1) is 17.5. The maximum absolute atomic E-state index is 11.7. The molecule has 0 bridgehead atoms. The van der Waals surface area contributed by atoms with Gasteiger partial charge in [-0.2, -0.15) is 11.6 Å². The van der Waals surface area contributed by atoms with Crippen LogP contribution >= 0.6 is 0 Å². The molecule has 1 N–H and O–H groups in total. The van der Waals surface area contributed by atoms with Gasteiger partial charge in [0.25, 0.3) is 0 Å². The Labute approximate surface area is 233 Å². The van der Waals surface area contributed by atoms with Gasteiger partial charge in [-0.05, 0) is 60.8 Å². The molecule has 0 saturated heterocycles. The molecular formula is C32H35IrN2O2-. The second kappa shape index (κ2) is 13.1. The van der Waals surface area contributed by atoms with Gasteiger partial charge in [-0.25, -0.2) is 0 Å². The van der Waals surface area contributed by atoms with E-state index < -0.39 is 0 Å². The summed E-state index contributed by atoms with van der Waals surface area (Å²) in [4.78, 5) is 20.9. The summed E-state index contributed by atoms with van der Waals surface area (Å²) in [6.07, 6.45) is 9.53. The van der Waals surface area contributed by atoms with E-state index in [0.717, 1.165) is 48.9 Å².